The van der Waals surface area contributed by atoms with Gasteiger partial charge in [0.25, 0.3) is 0 Å². The highest BCUT2D eigenvalue weighted by Crippen LogP contribution is 2.49. The number of fused-ring (bicyclic) bond motifs is 3. The van der Waals surface area contributed by atoms with Crippen molar-refractivity contribution in [3.8, 4) is 11.5 Å². The number of piperidine rings is 1. The van der Waals surface area contributed by atoms with Crippen LogP contribution in [-0.2, 0) is 4.74 Å². The monoisotopic (exact) mass is 381 g/mol. The van der Waals surface area contributed by atoms with Gasteiger partial charge in [-0.15, -0.1) is 0 Å². The number of rotatable bonds is 6. The van der Waals surface area contributed by atoms with Crippen molar-refractivity contribution in [2.24, 2.45) is 0 Å². The number of likely N-dealkylation sites (tertiary alicyclic amines) is 1. The molecule has 0 radical (unpaired) electrons. The van der Waals surface area contributed by atoms with Gasteiger partial charge >= 0.3 is 0 Å². The summed E-state index contributed by atoms with van der Waals surface area (Å²) in [5, 5.41) is 0. The van der Waals surface area contributed by atoms with E-state index in [-0.39, 0.29) is 18.2 Å². The Labute approximate surface area is 168 Å². The van der Waals surface area contributed by atoms with Gasteiger partial charge in [0.05, 0.1) is 26.4 Å². The van der Waals surface area contributed by atoms with Crippen LogP contribution in [0.3, 0.4) is 0 Å². The summed E-state index contributed by atoms with van der Waals surface area (Å²) in [6, 6.07) is 15.1. The number of benzene rings is 2. The maximum absolute atomic E-state index is 6.75. The highest BCUT2D eigenvalue weighted by molar-refractivity contribution is 5.52. The van der Waals surface area contributed by atoms with E-state index in [2.05, 4.69) is 54.3 Å². The molecule has 4 nitrogen and oxygen atoms in total. The standard InChI is InChI=1S/C24H31NO3/c1-4-5-13-25-14-9-12-20-23(25)18-15-21(26-2)22(27-3)16-19(18)24(28-20)17-10-7-6-8-11-17/h6-8,10-11,15-16,20,23-24H,4-5,9,12-14H2,1-3H3/t20-,23-,24?/m0/s1. The molecule has 4 heteroatoms. The van der Waals surface area contributed by atoms with Gasteiger partial charge in [0.1, 0.15) is 6.10 Å². The van der Waals surface area contributed by atoms with Gasteiger partial charge in [-0.1, -0.05) is 43.7 Å². The van der Waals surface area contributed by atoms with Crippen LogP contribution in [0.2, 0.25) is 0 Å². The van der Waals surface area contributed by atoms with Gasteiger partial charge in [-0.3, -0.25) is 4.90 Å². The van der Waals surface area contributed by atoms with Crippen LogP contribution in [0.4, 0.5) is 0 Å². The normalized spacial score (nSPS) is 24.3. The first-order chi connectivity index (χ1) is 13.8. The van der Waals surface area contributed by atoms with Crippen LogP contribution in [0.5, 0.6) is 11.5 Å². The van der Waals surface area contributed by atoms with Crippen LogP contribution in [-0.4, -0.2) is 38.3 Å². The quantitative estimate of drug-likeness (QED) is 0.694. The van der Waals surface area contributed by atoms with Crippen molar-refractivity contribution in [3.63, 3.8) is 0 Å². The van der Waals surface area contributed by atoms with E-state index in [9.17, 15) is 0 Å². The maximum Gasteiger partial charge on any atom is 0.161 e. The number of unbranched alkanes of at least 4 members (excludes halogenated alkanes) is 1. The summed E-state index contributed by atoms with van der Waals surface area (Å²) < 4.78 is 18.0. The van der Waals surface area contributed by atoms with Gasteiger partial charge in [-0.2, -0.15) is 0 Å². The minimum Gasteiger partial charge on any atom is -0.493 e. The number of methoxy groups -OCH3 is 2. The molecule has 2 aliphatic heterocycles. The number of hydrogen-bond donors (Lipinski definition) is 0. The number of ether oxygens (including phenoxy) is 3. The summed E-state index contributed by atoms with van der Waals surface area (Å²) in [6.07, 6.45) is 4.86. The van der Waals surface area contributed by atoms with Crippen LogP contribution in [0.15, 0.2) is 42.5 Å². The van der Waals surface area contributed by atoms with Crippen LogP contribution < -0.4 is 9.47 Å². The van der Waals surface area contributed by atoms with Crippen LogP contribution in [0, 0.1) is 0 Å². The van der Waals surface area contributed by atoms with E-state index < -0.39 is 0 Å². The molecule has 0 aromatic heterocycles. The highest BCUT2D eigenvalue weighted by atomic mass is 16.5. The first kappa shape index (κ1) is 19.3. The van der Waals surface area contributed by atoms with Crippen molar-refractivity contribution in [3.05, 3.63) is 59.2 Å². The summed E-state index contributed by atoms with van der Waals surface area (Å²) in [7, 11) is 3.41. The Balaban J connectivity index is 1.82. The maximum atomic E-state index is 6.75. The van der Waals surface area contributed by atoms with Crippen LogP contribution in [0.1, 0.15) is 61.4 Å². The van der Waals surface area contributed by atoms with E-state index in [0.717, 1.165) is 31.0 Å². The third-order valence-electron chi connectivity index (χ3n) is 6.08. The Morgan fingerprint density at radius 2 is 1.75 bits per heavy atom. The zero-order valence-corrected chi connectivity index (χ0v) is 17.2. The largest absolute Gasteiger partial charge is 0.493 e. The van der Waals surface area contributed by atoms with Crippen molar-refractivity contribution in [2.45, 2.75) is 50.9 Å². The fourth-order valence-electron chi connectivity index (χ4n) is 4.71. The van der Waals surface area contributed by atoms with Gasteiger partial charge in [0.2, 0.25) is 0 Å². The van der Waals surface area contributed by atoms with Gasteiger partial charge in [-0.05, 0) is 61.2 Å². The SMILES string of the molecule is CCCCN1CCC[C@@H]2OC(c3ccccc3)c3cc(OC)c(OC)cc3[C@@H]21. The van der Waals surface area contributed by atoms with Crippen molar-refractivity contribution in [2.75, 3.05) is 27.3 Å². The highest BCUT2D eigenvalue weighted by Gasteiger charge is 2.42. The lowest BCUT2D eigenvalue weighted by Gasteiger charge is -2.47. The average molecular weight is 382 g/mol. The molecule has 0 aliphatic carbocycles. The molecule has 1 unspecified atom stereocenters. The molecule has 0 saturated carbocycles. The molecule has 3 atom stereocenters. The minimum absolute atomic E-state index is 0.0663. The number of hydrogen-bond acceptors (Lipinski definition) is 4. The molecule has 150 valence electrons. The van der Waals surface area contributed by atoms with Gasteiger partial charge < -0.3 is 14.2 Å². The van der Waals surface area contributed by atoms with Crippen LogP contribution >= 0.6 is 0 Å². The van der Waals surface area contributed by atoms with E-state index in [4.69, 9.17) is 14.2 Å². The molecule has 28 heavy (non-hydrogen) atoms. The van der Waals surface area contributed by atoms with Gasteiger partial charge in [0.15, 0.2) is 11.5 Å². The predicted octanol–water partition coefficient (Wildman–Crippen LogP) is 5.13. The topological polar surface area (TPSA) is 30.9 Å². The molecule has 0 amide bonds. The molecule has 2 aromatic rings. The summed E-state index contributed by atoms with van der Waals surface area (Å²) >= 11 is 0. The van der Waals surface area contributed by atoms with Crippen molar-refractivity contribution in [1.82, 2.24) is 4.90 Å². The lowest BCUT2D eigenvalue weighted by Crippen LogP contribution is -2.46. The molecular formula is C24H31NO3. The lowest BCUT2D eigenvalue weighted by atomic mass is 9.82. The van der Waals surface area contributed by atoms with E-state index >= 15 is 0 Å². The average Bonchev–Trinajstić information content (AvgIpc) is 2.76. The van der Waals surface area contributed by atoms with Crippen molar-refractivity contribution < 1.29 is 14.2 Å². The third kappa shape index (κ3) is 3.51. The summed E-state index contributed by atoms with van der Waals surface area (Å²) in [5.41, 5.74) is 3.73. The first-order valence-electron chi connectivity index (χ1n) is 10.5. The van der Waals surface area contributed by atoms with E-state index in [1.165, 1.54) is 36.0 Å². The fourth-order valence-corrected chi connectivity index (χ4v) is 4.71. The fraction of sp³-hybridized carbons (Fsp3) is 0.500. The second-order valence-electron chi connectivity index (χ2n) is 7.78. The zero-order chi connectivity index (χ0) is 19.5. The molecule has 2 aliphatic rings. The molecule has 4 rings (SSSR count). The predicted molar refractivity (Wildman–Crippen MR) is 111 cm³/mol. The van der Waals surface area contributed by atoms with E-state index in [1.807, 2.05) is 0 Å². The zero-order valence-electron chi connectivity index (χ0n) is 17.2. The van der Waals surface area contributed by atoms with Crippen molar-refractivity contribution in [1.29, 1.82) is 0 Å². The molecule has 0 spiro atoms. The molecule has 2 aromatic carbocycles. The second-order valence-corrected chi connectivity index (χ2v) is 7.78. The van der Waals surface area contributed by atoms with Gasteiger partial charge in [0, 0.05) is 0 Å². The Bertz CT molecular complexity index is 792. The smallest absolute Gasteiger partial charge is 0.161 e. The number of nitrogens with zero attached hydrogens (tertiary/aromatic N) is 1. The molecule has 2 heterocycles. The summed E-state index contributed by atoms with van der Waals surface area (Å²) in [6.45, 7) is 4.51. The Kier molecular flexibility index (Phi) is 5.88. The Morgan fingerprint density at radius 1 is 1.04 bits per heavy atom. The summed E-state index contributed by atoms with van der Waals surface area (Å²) in [5.74, 6) is 1.56. The molecule has 0 bridgehead atoms. The Hall–Kier alpha value is -2.04. The third-order valence-corrected chi connectivity index (χ3v) is 6.08. The first-order valence-corrected chi connectivity index (χ1v) is 10.5. The molecule has 1 fully saturated rings. The Morgan fingerprint density at radius 3 is 2.43 bits per heavy atom. The van der Waals surface area contributed by atoms with Crippen LogP contribution in [0.25, 0.3) is 0 Å². The van der Waals surface area contributed by atoms with Crippen molar-refractivity contribution >= 4 is 0 Å². The molecule has 1 saturated heterocycles. The summed E-state index contributed by atoms with van der Waals surface area (Å²) in [4.78, 5) is 2.61. The second kappa shape index (κ2) is 8.54. The van der Waals surface area contributed by atoms with E-state index in [1.54, 1.807) is 14.2 Å². The minimum atomic E-state index is -0.0663. The van der Waals surface area contributed by atoms with E-state index in [0.29, 0.717) is 0 Å². The lowest BCUT2D eigenvalue weighted by molar-refractivity contribution is -0.0860. The van der Waals surface area contributed by atoms with Gasteiger partial charge in [-0.25, -0.2) is 0 Å². The molecule has 0 N–H and O–H groups in total. The molecular weight excluding hydrogens is 350 g/mol.